The molecular weight excluding hydrogens is 168 g/mol. The largest absolute Gasteiger partial charge is 0.326 e. The number of rotatable bonds is 2. The minimum absolute atomic E-state index is 0.250. The number of carbonyl (C=O) groups is 2. The lowest BCUT2D eigenvalue weighted by atomic mass is 9.94. The highest BCUT2D eigenvalue weighted by atomic mass is 16.2. The highest BCUT2D eigenvalue weighted by Crippen LogP contribution is 2.21. The Morgan fingerprint density at radius 1 is 1.31 bits per heavy atom. The monoisotopic (exact) mass is 182 g/mol. The number of nitrogens with zero attached hydrogens (tertiary/aromatic N) is 1. The van der Waals surface area contributed by atoms with Gasteiger partial charge in [0.2, 0.25) is 0 Å². The molecule has 1 rings (SSSR count). The molecule has 1 heterocycles. The van der Waals surface area contributed by atoms with E-state index >= 15 is 0 Å². The van der Waals surface area contributed by atoms with E-state index in [2.05, 4.69) is 0 Å². The molecule has 1 atom stereocenters. The van der Waals surface area contributed by atoms with Crippen LogP contribution in [0.2, 0.25) is 0 Å². The second-order valence-corrected chi connectivity index (χ2v) is 3.79. The second kappa shape index (κ2) is 2.96. The van der Waals surface area contributed by atoms with Gasteiger partial charge in [-0.15, -0.1) is 0 Å². The molecule has 0 saturated heterocycles. The van der Waals surface area contributed by atoms with E-state index in [1.54, 1.807) is 20.8 Å². The molecule has 2 amide bonds. The van der Waals surface area contributed by atoms with E-state index in [1.165, 1.54) is 17.1 Å². The Labute approximate surface area is 77.4 Å². The van der Waals surface area contributed by atoms with E-state index in [1.807, 2.05) is 0 Å². The maximum absolute atomic E-state index is 11.3. The third-order valence-electron chi connectivity index (χ3n) is 2.50. The van der Waals surface area contributed by atoms with E-state index in [9.17, 15) is 9.59 Å². The van der Waals surface area contributed by atoms with Crippen LogP contribution >= 0.6 is 0 Å². The summed E-state index contributed by atoms with van der Waals surface area (Å²) in [5.74, 6) is -0.570. The van der Waals surface area contributed by atoms with Crippen LogP contribution in [0.15, 0.2) is 12.2 Å². The molecule has 0 spiro atoms. The van der Waals surface area contributed by atoms with Gasteiger partial charge in [0.1, 0.15) is 0 Å². The van der Waals surface area contributed by atoms with Gasteiger partial charge in [0, 0.05) is 18.2 Å². The normalized spacial score (nSPS) is 19.8. The van der Waals surface area contributed by atoms with E-state index in [4.69, 9.17) is 5.73 Å². The van der Waals surface area contributed by atoms with E-state index in [0.29, 0.717) is 0 Å². The van der Waals surface area contributed by atoms with Gasteiger partial charge in [0.15, 0.2) is 0 Å². The average Bonchev–Trinajstić information content (AvgIpc) is 2.30. The van der Waals surface area contributed by atoms with Crippen molar-refractivity contribution in [3.05, 3.63) is 12.2 Å². The van der Waals surface area contributed by atoms with Crippen molar-refractivity contribution < 1.29 is 9.59 Å². The van der Waals surface area contributed by atoms with Crippen molar-refractivity contribution in [1.82, 2.24) is 4.90 Å². The summed E-state index contributed by atoms with van der Waals surface area (Å²) >= 11 is 0. The predicted octanol–water partition coefficient (Wildman–Crippen LogP) is 0.0372. The molecule has 0 aromatic carbocycles. The van der Waals surface area contributed by atoms with Crippen LogP contribution in [0, 0.1) is 0 Å². The van der Waals surface area contributed by atoms with Crippen molar-refractivity contribution in [2.75, 3.05) is 0 Å². The first-order valence-corrected chi connectivity index (χ1v) is 4.19. The van der Waals surface area contributed by atoms with Crippen LogP contribution in [0.25, 0.3) is 0 Å². The number of carbonyl (C=O) groups excluding carboxylic acids is 2. The van der Waals surface area contributed by atoms with Gasteiger partial charge in [-0.3, -0.25) is 14.5 Å². The molecule has 0 aromatic rings. The molecule has 1 aliphatic heterocycles. The molecule has 0 saturated carbocycles. The van der Waals surface area contributed by atoms with Crippen LogP contribution in [-0.2, 0) is 9.59 Å². The quantitative estimate of drug-likeness (QED) is 0.613. The minimum Gasteiger partial charge on any atom is -0.326 e. The highest BCUT2D eigenvalue weighted by molar-refractivity contribution is 6.13. The summed E-state index contributed by atoms with van der Waals surface area (Å²) in [6, 6.07) is -0.250. The molecule has 0 aliphatic carbocycles. The summed E-state index contributed by atoms with van der Waals surface area (Å²) in [6.45, 7) is 5.33. The van der Waals surface area contributed by atoms with Crippen molar-refractivity contribution in [3.63, 3.8) is 0 Å². The smallest absolute Gasteiger partial charge is 0.254 e. The summed E-state index contributed by atoms with van der Waals surface area (Å²) in [5, 5.41) is 0. The highest BCUT2D eigenvalue weighted by Gasteiger charge is 2.39. The molecule has 13 heavy (non-hydrogen) atoms. The maximum atomic E-state index is 11.3. The number of nitrogens with two attached hydrogens (primary N) is 1. The van der Waals surface area contributed by atoms with Crippen LogP contribution in [-0.4, -0.2) is 28.3 Å². The van der Waals surface area contributed by atoms with Crippen LogP contribution in [0.5, 0.6) is 0 Å². The maximum Gasteiger partial charge on any atom is 0.254 e. The lowest BCUT2D eigenvalue weighted by molar-refractivity contribution is -0.143. The molecule has 0 aromatic heterocycles. The first kappa shape index (κ1) is 9.92. The Kier molecular flexibility index (Phi) is 2.26. The van der Waals surface area contributed by atoms with Crippen molar-refractivity contribution in [2.45, 2.75) is 32.4 Å². The number of hydrogen-bond donors (Lipinski definition) is 1. The zero-order valence-corrected chi connectivity index (χ0v) is 8.07. The molecule has 4 nitrogen and oxygen atoms in total. The number of amides is 2. The Morgan fingerprint density at radius 2 is 1.69 bits per heavy atom. The van der Waals surface area contributed by atoms with Gasteiger partial charge in [-0.25, -0.2) is 0 Å². The number of imide groups is 1. The fraction of sp³-hybridized carbons (Fsp3) is 0.556. The lowest BCUT2D eigenvalue weighted by Gasteiger charge is -2.37. The van der Waals surface area contributed by atoms with Gasteiger partial charge < -0.3 is 5.73 Å². The van der Waals surface area contributed by atoms with E-state index < -0.39 is 5.54 Å². The Hall–Kier alpha value is -1.16. The van der Waals surface area contributed by atoms with Crippen molar-refractivity contribution in [1.29, 1.82) is 0 Å². The van der Waals surface area contributed by atoms with Gasteiger partial charge in [-0.1, -0.05) is 0 Å². The van der Waals surface area contributed by atoms with Gasteiger partial charge in [-0.2, -0.15) is 0 Å². The van der Waals surface area contributed by atoms with E-state index in [0.717, 1.165) is 0 Å². The molecule has 1 aliphatic rings. The molecule has 0 bridgehead atoms. The van der Waals surface area contributed by atoms with Crippen molar-refractivity contribution in [2.24, 2.45) is 5.73 Å². The summed E-state index contributed by atoms with van der Waals surface area (Å²) in [7, 11) is 0. The SMILES string of the molecule is CC(N)C(C)(C)N1C(=O)C=CC1=O. The summed E-state index contributed by atoms with van der Waals surface area (Å²) < 4.78 is 0. The van der Waals surface area contributed by atoms with Crippen LogP contribution in [0.1, 0.15) is 20.8 Å². The predicted molar refractivity (Wildman–Crippen MR) is 48.7 cm³/mol. The van der Waals surface area contributed by atoms with Crippen molar-refractivity contribution in [3.8, 4) is 0 Å². The first-order chi connectivity index (χ1) is 5.87. The summed E-state index contributed by atoms with van der Waals surface area (Å²) in [6.07, 6.45) is 2.54. The van der Waals surface area contributed by atoms with Crippen molar-refractivity contribution >= 4 is 11.8 Å². The standard InChI is InChI=1S/C9H14N2O2/c1-6(10)9(2,3)11-7(12)4-5-8(11)13/h4-6H,10H2,1-3H3. The van der Waals surface area contributed by atoms with Gasteiger partial charge in [0.25, 0.3) is 11.8 Å². The second-order valence-electron chi connectivity index (χ2n) is 3.79. The summed E-state index contributed by atoms with van der Waals surface area (Å²) in [4.78, 5) is 23.8. The van der Waals surface area contributed by atoms with Crippen LogP contribution in [0.4, 0.5) is 0 Å². The van der Waals surface area contributed by atoms with Crippen LogP contribution in [0.3, 0.4) is 0 Å². The Morgan fingerprint density at radius 3 is 2.00 bits per heavy atom. The third-order valence-corrected chi connectivity index (χ3v) is 2.50. The lowest BCUT2D eigenvalue weighted by Crippen LogP contribution is -2.57. The minimum atomic E-state index is -0.627. The third kappa shape index (κ3) is 1.49. The molecule has 2 N–H and O–H groups in total. The zero-order chi connectivity index (χ0) is 10.2. The molecule has 72 valence electrons. The molecule has 4 heteroatoms. The molecular formula is C9H14N2O2. The Balaban J connectivity index is 2.95. The molecule has 0 fully saturated rings. The Bertz CT molecular complexity index is 261. The van der Waals surface area contributed by atoms with Gasteiger partial charge >= 0.3 is 0 Å². The fourth-order valence-corrected chi connectivity index (χ4v) is 1.17. The van der Waals surface area contributed by atoms with Crippen LogP contribution < -0.4 is 5.73 Å². The zero-order valence-electron chi connectivity index (χ0n) is 8.07. The van der Waals surface area contributed by atoms with Gasteiger partial charge in [-0.05, 0) is 20.8 Å². The fourth-order valence-electron chi connectivity index (χ4n) is 1.17. The van der Waals surface area contributed by atoms with Gasteiger partial charge in [0.05, 0.1) is 5.54 Å². The molecule has 1 unspecified atom stereocenters. The van der Waals surface area contributed by atoms with E-state index in [-0.39, 0.29) is 17.9 Å². The topological polar surface area (TPSA) is 63.4 Å². The molecule has 0 radical (unpaired) electrons. The summed E-state index contributed by atoms with van der Waals surface area (Å²) in [5.41, 5.74) is 5.07. The average molecular weight is 182 g/mol. The first-order valence-electron chi connectivity index (χ1n) is 4.19. The number of hydrogen-bond acceptors (Lipinski definition) is 3.